The van der Waals surface area contributed by atoms with Crippen molar-refractivity contribution in [2.45, 2.75) is 51.1 Å². The number of amides is 1. The normalized spacial score (nSPS) is 19.7. The zero-order valence-electron chi connectivity index (χ0n) is 15.9. The lowest BCUT2D eigenvalue weighted by Crippen LogP contribution is -2.49. The summed E-state index contributed by atoms with van der Waals surface area (Å²) in [4.78, 5) is 30.2. The van der Waals surface area contributed by atoms with Crippen LogP contribution in [0.25, 0.3) is 0 Å². The molecule has 0 unspecified atom stereocenters. The van der Waals surface area contributed by atoms with E-state index in [4.69, 9.17) is 0 Å². The van der Waals surface area contributed by atoms with Crippen molar-refractivity contribution in [3.8, 4) is 0 Å². The van der Waals surface area contributed by atoms with Gasteiger partial charge in [0, 0.05) is 29.6 Å². The Kier molecular flexibility index (Phi) is 5.19. The fraction of sp³-hybridized carbons (Fsp3) is 0.381. The third-order valence-corrected chi connectivity index (χ3v) is 5.07. The molecule has 7 heteroatoms. The lowest BCUT2D eigenvalue weighted by molar-refractivity contribution is 0.0586. The third kappa shape index (κ3) is 3.48. The molecule has 28 heavy (non-hydrogen) atoms. The molecule has 1 aromatic carbocycles. The number of aromatic nitrogens is 1. The highest BCUT2D eigenvalue weighted by atomic mass is 19.2. The zero-order chi connectivity index (χ0) is 20.6. The number of nitrogens with zero attached hydrogens (tertiary/aromatic N) is 2. The van der Waals surface area contributed by atoms with Crippen LogP contribution in [0, 0.1) is 11.6 Å². The predicted octanol–water partition coefficient (Wildman–Crippen LogP) is 4.94. The molecular weight excluding hydrogens is 366 g/mol. The van der Waals surface area contributed by atoms with Crippen molar-refractivity contribution in [1.82, 2.24) is 9.88 Å². The molecule has 3 rings (SSSR count). The van der Waals surface area contributed by atoms with E-state index in [2.05, 4.69) is 4.98 Å². The van der Waals surface area contributed by atoms with Crippen molar-refractivity contribution in [3.05, 3.63) is 65.0 Å². The summed E-state index contributed by atoms with van der Waals surface area (Å²) in [7, 11) is 0. The fourth-order valence-electron chi connectivity index (χ4n) is 3.94. The van der Waals surface area contributed by atoms with E-state index in [0.717, 1.165) is 6.07 Å². The maximum atomic E-state index is 14.7. The van der Waals surface area contributed by atoms with E-state index in [1.807, 2.05) is 0 Å². The van der Waals surface area contributed by atoms with Gasteiger partial charge in [0.1, 0.15) is 5.69 Å². The number of ketones is 1. The molecule has 2 atom stereocenters. The second kappa shape index (κ2) is 7.30. The van der Waals surface area contributed by atoms with Gasteiger partial charge in [0.15, 0.2) is 17.4 Å². The van der Waals surface area contributed by atoms with Gasteiger partial charge in [0.05, 0.1) is 6.04 Å². The number of hydrogen-bond donors (Lipinski definition) is 1. The molecule has 1 heterocycles. The highest BCUT2D eigenvalue weighted by Crippen LogP contribution is 2.46. The largest absolute Gasteiger partial charge is 0.465 e. The molecule has 0 radical (unpaired) electrons. The lowest BCUT2D eigenvalue weighted by atomic mass is 9.82. The van der Waals surface area contributed by atoms with E-state index in [0.29, 0.717) is 5.56 Å². The summed E-state index contributed by atoms with van der Waals surface area (Å²) in [6.45, 7) is 5.18. The van der Waals surface area contributed by atoms with Gasteiger partial charge in [-0.1, -0.05) is 18.2 Å². The van der Waals surface area contributed by atoms with Crippen LogP contribution in [0.5, 0.6) is 0 Å². The van der Waals surface area contributed by atoms with Crippen LogP contribution in [0.3, 0.4) is 0 Å². The van der Waals surface area contributed by atoms with Crippen molar-refractivity contribution in [2.24, 2.45) is 0 Å². The Labute approximate surface area is 162 Å². The van der Waals surface area contributed by atoms with Gasteiger partial charge in [-0.2, -0.15) is 0 Å². The number of hydrogen-bond acceptors (Lipinski definition) is 3. The van der Waals surface area contributed by atoms with Gasteiger partial charge in [-0.05, 0) is 44.9 Å². The van der Waals surface area contributed by atoms with E-state index in [9.17, 15) is 23.5 Å². The van der Waals surface area contributed by atoms with E-state index in [1.54, 1.807) is 32.9 Å². The smallest absolute Gasteiger partial charge is 0.408 e. The molecule has 1 aromatic heterocycles. The molecule has 0 saturated carbocycles. The SMILES string of the molecule is CC(C)(C)N(C(=O)O)[C@@H]1c2cccnc2C(=O)CC[C@H]1c1cccc(F)c1F. The van der Waals surface area contributed by atoms with E-state index in [-0.39, 0.29) is 29.9 Å². The number of carbonyl (C=O) groups excluding carboxylic acids is 1. The second-order valence-corrected chi connectivity index (χ2v) is 7.92. The minimum atomic E-state index is -1.21. The summed E-state index contributed by atoms with van der Waals surface area (Å²) in [5.74, 6) is -2.99. The molecule has 148 valence electrons. The number of Topliss-reactive ketones (excluding diaryl/α,β-unsaturated/α-hetero) is 1. The number of carboxylic acid groups (broad SMARTS) is 1. The number of benzene rings is 1. The van der Waals surface area contributed by atoms with Gasteiger partial charge in [-0.25, -0.2) is 13.6 Å². The van der Waals surface area contributed by atoms with Crippen LogP contribution in [0.2, 0.25) is 0 Å². The summed E-state index contributed by atoms with van der Waals surface area (Å²) in [6.07, 6.45) is 0.515. The summed E-state index contributed by atoms with van der Waals surface area (Å²) in [5.41, 5.74) is -0.192. The fourth-order valence-corrected chi connectivity index (χ4v) is 3.94. The van der Waals surface area contributed by atoms with Gasteiger partial charge in [0.25, 0.3) is 0 Å². The summed E-state index contributed by atoms with van der Waals surface area (Å²) in [5, 5.41) is 9.99. The van der Waals surface area contributed by atoms with E-state index < -0.39 is 35.2 Å². The summed E-state index contributed by atoms with van der Waals surface area (Å²) < 4.78 is 28.6. The first-order valence-corrected chi connectivity index (χ1v) is 9.07. The molecular formula is C21H22F2N2O3. The van der Waals surface area contributed by atoms with Crippen LogP contribution in [0.4, 0.5) is 13.6 Å². The molecule has 0 fully saturated rings. The predicted molar refractivity (Wildman–Crippen MR) is 99.3 cm³/mol. The molecule has 0 spiro atoms. The quantitative estimate of drug-likeness (QED) is 0.740. The van der Waals surface area contributed by atoms with Crippen LogP contribution in [0.1, 0.15) is 67.2 Å². The zero-order valence-corrected chi connectivity index (χ0v) is 15.9. The number of carbonyl (C=O) groups is 2. The molecule has 1 amide bonds. The number of pyridine rings is 1. The molecule has 2 aromatic rings. The monoisotopic (exact) mass is 388 g/mol. The Hall–Kier alpha value is -2.83. The maximum absolute atomic E-state index is 14.7. The first-order valence-electron chi connectivity index (χ1n) is 9.07. The highest BCUT2D eigenvalue weighted by molar-refractivity contribution is 5.96. The average molecular weight is 388 g/mol. The van der Waals surface area contributed by atoms with Crippen LogP contribution < -0.4 is 0 Å². The van der Waals surface area contributed by atoms with Crippen LogP contribution in [-0.2, 0) is 0 Å². The van der Waals surface area contributed by atoms with Crippen LogP contribution >= 0.6 is 0 Å². The molecule has 5 nitrogen and oxygen atoms in total. The standard InChI is InChI=1S/C21H22F2N2O3/c1-21(2,3)25(20(27)28)19-13(12-6-4-8-15(22)17(12)23)9-10-16(26)18-14(19)7-5-11-24-18/h4-8,11,13,19H,9-10H2,1-3H3,(H,27,28)/t13-,19-/m0/s1. The van der Waals surface area contributed by atoms with Crippen molar-refractivity contribution in [1.29, 1.82) is 0 Å². The number of rotatable bonds is 2. The summed E-state index contributed by atoms with van der Waals surface area (Å²) in [6, 6.07) is 6.23. The van der Waals surface area contributed by atoms with Gasteiger partial charge in [-0.15, -0.1) is 0 Å². The Morgan fingerprint density at radius 2 is 1.86 bits per heavy atom. The van der Waals surface area contributed by atoms with Crippen molar-refractivity contribution in [2.75, 3.05) is 0 Å². The average Bonchev–Trinajstić information content (AvgIpc) is 2.75. The van der Waals surface area contributed by atoms with Crippen molar-refractivity contribution >= 4 is 11.9 Å². The van der Waals surface area contributed by atoms with Gasteiger partial charge in [-0.3, -0.25) is 14.7 Å². The topological polar surface area (TPSA) is 70.5 Å². The van der Waals surface area contributed by atoms with E-state index >= 15 is 0 Å². The van der Waals surface area contributed by atoms with Crippen LogP contribution in [-0.4, -0.2) is 32.4 Å². The molecule has 0 bridgehead atoms. The highest BCUT2D eigenvalue weighted by Gasteiger charge is 2.43. The van der Waals surface area contributed by atoms with Crippen molar-refractivity contribution < 1.29 is 23.5 Å². The first-order chi connectivity index (χ1) is 13.1. The van der Waals surface area contributed by atoms with Crippen molar-refractivity contribution in [3.63, 3.8) is 0 Å². The Balaban J connectivity index is 2.30. The minimum absolute atomic E-state index is 0.0602. The summed E-state index contributed by atoms with van der Waals surface area (Å²) >= 11 is 0. The molecule has 0 aliphatic heterocycles. The molecule has 0 saturated heterocycles. The Bertz CT molecular complexity index is 924. The number of fused-ring (bicyclic) bond motifs is 1. The number of halogens is 2. The van der Waals surface area contributed by atoms with Crippen LogP contribution in [0.15, 0.2) is 36.5 Å². The Morgan fingerprint density at radius 3 is 2.50 bits per heavy atom. The molecule has 1 N–H and O–H groups in total. The first kappa shape index (κ1) is 19.9. The third-order valence-electron chi connectivity index (χ3n) is 5.07. The Morgan fingerprint density at radius 1 is 1.18 bits per heavy atom. The molecule has 1 aliphatic rings. The van der Waals surface area contributed by atoms with Gasteiger partial charge < -0.3 is 5.11 Å². The molecule has 1 aliphatic carbocycles. The second-order valence-electron chi connectivity index (χ2n) is 7.92. The maximum Gasteiger partial charge on any atom is 0.408 e. The van der Waals surface area contributed by atoms with Gasteiger partial charge >= 0.3 is 6.09 Å². The van der Waals surface area contributed by atoms with Gasteiger partial charge in [0.2, 0.25) is 0 Å². The lowest BCUT2D eigenvalue weighted by Gasteiger charge is -2.43. The van der Waals surface area contributed by atoms with E-state index in [1.165, 1.54) is 23.2 Å². The minimum Gasteiger partial charge on any atom is -0.465 e.